The minimum Gasteiger partial charge on any atom is -0.368 e. The average molecular weight is 463 g/mol. The van der Waals surface area contributed by atoms with Gasteiger partial charge in [0.25, 0.3) is 5.91 Å². The molecule has 3 rings (SSSR count). The lowest BCUT2D eigenvalue weighted by molar-refractivity contribution is -0.137. The maximum Gasteiger partial charge on any atom is 0.416 e. The molecule has 0 fully saturated rings. The molecule has 0 bridgehead atoms. The summed E-state index contributed by atoms with van der Waals surface area (Å²) in [6, 6.07) is 12.1. The molecular formula is C22H18ClF3N4O2. The van der Waals surface area contributed by atoms with Gasteiger partial charge < -0.3 is 16.0 Å². The van der Waals surface area contributed by atoms with Crippen LogP contribution in [-0.2, 0) is 11.0 Å². The molecule has 2 amide bonds. The van der Waals surface area contributed by atoms with Gasteiger partial charge in [0.05, 0.1) is 10.6 Å². The van der Waals surface area contributed by atoms with Crippen molar-refractivity contribution in [2.45, 2.75) is 13.1 Å². The predicted octanol–water partition coefficient (Wildman–Crippen LogP) is 4.94. The molecule has 0 unspecified atom stereocenters. The summed E-state index contributed by atoms with van der Waals surface area (Å²) in [5, 5.41) is 2.84. The molecule has 0 radical (unpaired) electrons. The van der Waals surface area contributed by atoms with Gasteiger partial charge in [-0.15, -0.1) is 0 Å². The second kappa shape index (κ2) is 9.27. The lowest BCUT2D eigenvalue weighted by Gasteiger charge is -2.25. The highest BCUT2D eigenvalue weighted by Gasteiger charge is 2.30. The smallest absolute Gasteiger partial charge is 0.368 e. The van der Waals surface area contributed by atoms with Crippen LogP contribution in [0, 0.1) is 6.92 Å². The third-order valence-corrected chi connectivity index (χ3v) is 4.84. The maximum absolute atomic E-state index is 12.7. The predicted molar refractivity (Wildman–Crippen MR) is 116 cm³/mol. The van der Waals surface area contributed by atoms with Crippen molar-refractivity contribution < 1.29 is 22.8 Å². The van der Waals surface area contributed by atoms with Crippen LogP contribution in [-0.4, -0.2) is 23.3 Å². The van der Waals surface area contributed by atoms with Gasteiger partial charge in [-0.05, 0) is 61.0 Å². The van der Waals surface area contributed by atoms with Crippen molar-refractivity contribution in [1.82, 2.24) is 4.98 Å². The molecular weight excluding hydrogens is 445 g/mol. The molecule has 10 heteroatoms. The number of hydrogen-bond acceptors (Lipinski definition) is 4. The number of nitrogens with zero attached hydrogens (tertiary/aromatic N) is 2. The number of nitrogens with one attached hydrogen (secondary N) is 1. The molecule has 0 aliphatic rings. The number of rotatable bonds is 6. The van der Waals surface area contributed by atoms with Gasteiger partial charge in [-0.2, -0.15) is 13.2 Å². The van der Waals surface area contributed by atoms with Crippen LogP contribution in [0.4, 0.5) is 30.4 Å². The largest absolute Gasteiger partial charge is 0.416 e. The van der Waals surface area contributed by atoms with Crippen LogP contribution in [0.25, 0.3) is 0 Å². The number of anilines is 3. The third kappa shape index (κ3) is 5.36. The Balaban J connectivity index is 1.92. The minimum absolute atomic E-state index is 0.201. The molecule has 1 aromatic heterocycles. The molecule has 6 nitrogen and oxygen atoms in total. The van der Waals surface area contributed by atoms with E-state index in [1.54, 1.807) is 31.2 Å². The summed E-state index contributed by atoms with van der Waals surface area (Å²) in [4.78, 5) is 30.1. The highest BCUT2D eigenvalue weighted by molar-refractivity contribution is 6.33. The zero-order valence-corrected chi connectivity index (χ0v) is 17.5. The fraction of sp³-hybridized carbons (Fsp3) is 0.136. The van der Waals surface area contributed by atoms with Gasteiger partial charge in [0, 0.05) is 23.1 Å². The van der Waals surface area contributed by atoms with Crippen molar-refractivity contribution in [2.75, 3.05) is 16.8 Å². The first-order chi connectivity index (χ1) is 15.1. The van der Waals surface area contributed by atoms with E-state index in [1.807, 2.05) is 0 Å². The van der Waals surface area contributed by atoms with Crippen molar-refractivity contribution in [3.63, 3.8) is 0 Å². The number of pyridine rings is 1. The van der Waals surface area contributed by atoms with Gasteiger partial charge >= 0.3 is 6.18 Å². The van der Waals surface area contributed by atoms with Crippen LogP contribution >= 0.6 is 11.6 Å². The monoisotopic (exact) mass is 462 g/mol. The molecule has 0 spiro atoms. The van der Waals surface area contributed by atoms with Crippen LogP contribution in [0.3, 0.4) is 0 Å². The molecule has 0 saturated heterocycles. The molecule has 0 aliphatic carbocycles. The Labute approximate surface area is 186 Å². The number of aromatic nitrogens is 1. The fourth-order valence-corrected chi connectivity index (χ4v) is 3.22. The number of nitrogens with two attached hydrogens (primary N) is 1. The van der Waals surface area contributed by atoms with E-state index in [0.717, 1.165) is 17.7 Å². The number of carbonyl (C=O) groups is 2. The van der Waals surface area contributed by atoms with Crippen LogP contribution < -0.4 is 16.0 Å². The van der Waals surface area contributed by atoms with Gasteiger partial charge in [0.15, 0.2) is 5.82 Å². The summed E-state index contributed by atoms with van der Waals surface area (Å²) in [7, 11) is 0. The standard InChI is InChI=1S/C22H18ClF3N4O2/c1-13-4-5-14(21(32)29-16-8-6-15(7-9-16)22(24,25)26)11-18(13)30(12-19(27)31)20-17(23)3-2-10-28-20/h2-11H,12H2,1H3,(H2,27,31)(H,29,32). The number of hydrogen-bond donors (Lipinski definition) is 2. The van der Waals surface area contributed by atoms with Gasteiger partial charge in [-0.3, -0.25) is 9.59 Å². The summed E-state index contributed by atoms with van der Waals surface area (Å²) in [5.41, 5.74) is 6.20. The zero-order chi connectivity index (χ0) is 23.5. The summed E-state index contributed by atoms with van der Waals surface area (Å²) in [6.07, 6.45) is -2.96. The van der Waals surface area contributed by atoms with Crippen molar-refractivity contribution in [2.24, 2.45) is 5.73 Å². The highest BCUT2D eigenvalue weighted by Crippen LogP contribution is 2.33. The number of carbonyl (C=O) groups excluding carboxylic acids is 2. The SMILES string of the molecule is Cc1ccc(C(=O)Nc2ccc(C(F)(F)F)cc2)cc1N(CC(N)=O)c1ncccc1Cl. The van der Waals surface area contributed by atoms with Gasteiger partial charge in [-0.1, -0.05) is 17.7 Å². The lowest BCUT2D eigenvalue weighted by atomic mass is 10.1. The normalized spacial score (nSPS) is 11.2. The summed E-state index contributed by atoms with van der Waals surface area (Å²) >= 11 is 6.24. The quantitative estimate of drug-likeness (QED) is 0.543. The third-order valence-electron chi connectivity index (χ3n) is 4.54. The molecule has 166 valence electrons. The molecule has 3 aromatic rings. The van der Waals surface area contributed by atoms with E-state index in [2.05, 4.69) is 10.3 Å². The Kier molecular flexibility index (Phi) is 6.69. The highest BCUT2D eigenvalue weighted by atomic mass is 35.5. The van der Waals surface area contributed by atoms with Crippen LogP contribution in [0.1, 0.15) is 21.5 Å². The van der Waals surface area contributed by atoms with Crippen molar-refractivity contribution >= 4 is 40.6 Å². The number of halogens is 4. The van der Waals surface area contributed by atoms with E-state index in [9.17, 15) is 22.8 Å². The molecule has 1 heterocycles. The van der Waals surface area contributed by atoms with E-state index in [1.165, 1.54) is 29.3 Å². The molecule has 0 atom stereocenters. The topological polar surface area (TPSA) is 88.3 Å². The number of aryl methyl sites for hydroxylation is 1. The first-order valence-corrected chi connectivity index (χ1v) is 9.69. The number of primary amides is 1. The van der Waals surface area contributed by atoms with Crippen molar-refractivity contribution in [3.05, 3.63) is 82.5 Å². The molecule has 3 N–H and O–H groups in total. The van der Waals surface area contributed by atoms with Gasteiger partial charge in [0.2, 0.25) is 5.91 Å². The van der Waals surface area contributed by atoms with Crippen molar-refractivity contribution in [1.29, 1.82) is 0 Å². The Hall–Kier alpha value is -3.59. The number of amides is 2. The molecule has 0 aliphatic heterocycles. The van der Waals surface area contributed by atoms with E-state index < -0.39 is 23.6 Å². The Morgan fingerprint density at radius 1 is 1.12 bits per heavy atom. The number of alkyl halides is 3. The molecule has 2 aromatic carbocycles. The van der Waals surface area contributed by atoms with Crippen LogP contribution in [0.15, 0.2) is 60.8 Å². The van der Waals surface area contributed by atoms with Gasteiger partial charge in [-0.25, -0.2) is 4.98 Å². The first-order valence-electron chi connectivity index (χ1n) is 9.32. The lowest BCUT2D eigenvalue weighted by Crippen LogP contribution is -2.31. The van der Waals surface area contributed by atoms with Crippen LogP contribution in [0.5, 0.6) is 0 Å². The van der Waals surface area contributed by atoms with E-state index in [4.69, 9.17) is 17.3 Å². The van der Waals surface area contributed by atoms with Crippen molar-refractivity contribution in [3.8, 4) is 0 Å². The minimum atomic E-state index is -4.47. The average Bonchev–Trinajstić information content (AvgIpc) is 2.72. The van der Waals surface area contributed by atoms with Gasteiger partial charge in [0.1, 0.15) is 6.54 Å². The second-order valence-electron chi connectivity index (χ2n) is 6.89. The first kappa shape index (κ1) is 23.1. The van der Waals surface area contributed by atoms with E-state index in [0.29, 0.717) is 5.69 Å². The summed E-state index contributed by atoms with van der Waals surface area (Å²) < 4.78 is 38.2. The maximum atomic E-state index is 12.7. The second-order valence-corrected chi connectivity index (χ2v) is 7.30. The fourth-order valence-electron chi connectivity index (χ4n) is 2.99. The van der Waals surface area contributed by atoms with E-state index >= 15 is 0 Å². The zero-order valence-electron chi connectivity index (χ0n) is 16.8. The summed E-state index contributed by atoms with van der Waals surface area (Å²) in [5.74, 6) is -0.890. The molecule has 32 heavy (non-hydrogen) atoms. The summed E-state index contributed by atoms with van der Waals surface area (Å²) in [6.45, 7) is 1.54. The molecule has 0 saturated carbocycles. The van der Waals surface area contributed by atoms with Crippen LogP contribution in [0.2, 0.25) is 5.02 Å². The van der Waals surface area contributed by atoms with E-state index in [-0.39, 0.29) is 28.6 Å². The Morgan fingerprint density at radius 2 is 1.81 bits per heavy atom. The Bertz CT molecular complexity index is 1150. The Morgan fingerprint density at radius 3 is 2.41 bits per heavy atom. The number of benzene rings is 2.